The maximum atomic E-state index is 12.9. The van der Waals surface area contributed by atoms with Gasteiger partial charge in [0.25, 0.3) is 0 Å². The van der Waals surface area contributed by atoms with Gasteiger partial charge >= 0.3 is 6.18 Å². The molecule has 0 bridgehead atoms. The molecule has 0 aliphatic carbocycles. The number of rotatable bonds is 6. The molecule has 6 heteroatoms. The number of alkyl halides is 3. The van der Waals surface area contributed by atoms with Crippen LogP contribution in [0.15, 0.2) is 48.5 Å². The highest BCUT2D eigenvalue weighted by Crippen LogP contribution is 2.37. The third kappa shape index (κ3) is 4.20. The normalized spacial score (nSPS) is 15.0. The Labute approximate surface area is 138 Å². The van der Waals surface area contributed by atoms with Crippen LogP contribution in [0, 0.1) is 0 Å². The molecule has 1 fully saturated rings. The van der Waals surface area contributed by atoms with Crippen molar-refractivity contribution < 1.29 is 22.6 Å². The van der Waals surface area contributed by atoms with Crippen molar-refractivity contribution in [2.24, 2.45) is 0 Å². The lowest BCUT2D eigenvalue weighted by Crippen LogP contribution is -2.50. The molecule has 1 aliphatic heterocycles. The molecule has 0 aromatic heterocycles. The summed E-state index contributed by atoms with van der Waals surface area (Å²) in [5, 5.41) is 3.02. The highest BCUT2D eigenvalue weighted by Gasteiger charge is 2.32. The zero-order valence-corrected chi connectivity index (χ0v) is 13.0. The molecule has 0 radical (unpaired) electrons. The first-order valence-corrected chi connectivity index (χ1v) is 7.78. The molecule has 0 amide bonds. The third-order valence-corrected chi connectivity index (χ3v) is 3.80. The fourth-order valence-corrected chi connectivity index (χ4v) is 2.34. The highest BCUT2D eigenvalue weighted by atomic mass is 19.4. The highest BCUT2D eigenvalue weighted by molar-refractivity contribution is 5.44. The van der Waals surface area contributed by atoms with Crippen LogP contribution in [-0.4, -0.2) is 25.8 Å². The quantitative estimate of drug-likeness (QED) is 0.872. The minimum absolute atomic E-state index is 0.120. The van der Waals surface area contributed by atoms with E-state index >= 15 is 0 Å². The van der Waals surface area contributed by atoms with Crippen molar-refractivity contribution in [3.8, 4) is 11.5 Å². The summed E-state index contributed by atoms with van der Waals surface area (Å²) in [6, 6.07) is 13.1. The van der Waals surface area contributed by atoms with Crippen LogP contribution in [0.4, 0.5) is 13.2 Å². The van der Waals surface area contributed by atoms with Crippen molar-refractivity contribution in [1.82, 2.24) is 5.32 Å². The number of halogens is 3. The molecule has 0 atom stereocenters. The molecule has 1 heterocycles. The first-order valence-electron chi connectivity index (χ1n) is 7.78. The second kappa shape index (κ2) is 7.13. The van der Waals surface area contributed by atoms with E-state index in [1.165, 1.54) is 6.07 Å². The van der Waals surface area contributed by atoms with Crippen LogP contribution < -0.4 is 14.8 Å². The summed E-state index contributed by atoms with van der Waals surface area (Å²) in [6.07, 6.45) is -3.85. The minimum Gasteiger partial charge on any atom is -0.489 e. The van der Waals surface area contributed by atoms with Crippen LogP contribution in [0.2, 0.25) is 0 Å². The van der Waals surface area contributed by atoms with E-state index in [0.717, 1.165) is 17.7 Å². The lowest BCUT2D eigenvalue weighted by Gasteiger charge is -2.29. The van der Waals surface area contributed by atoms with Crippen molar-refractivity contribution in [1.29, 1.82) is 0 Å². The summed E-state index contributed by atoms with van der Waals surface area (Å²) in [5.41, 5.74) is 0.371. The van der Waals surface area contributed by atoms with Gasteiger partial charge in [-0.25, -0.2) is 0 Å². The monoisotopic (exact) mass is 337 g/mol. The number of nitrogens with one attached hydrogen (secondary N) is 1. The Balaban J connectivity index is 1.70. The first kappa shape index (κ1) is 16.6. The van der Waals surface area contributed by atoms with Gasteiger partial charge in [0, 0.05) is 19.5 Å². The molecule has 0 unspecified atom stereocenters. The Morgan fingerprint density at radius 1 is 1.00 bits per heavy atom. The van der Waals surface area contributed by atoms with E-state index in [0.29, 0.717) is 31.9 Å². The topological polar surface area (TPSA) is 30.5 Å². The third-order valence-electron chi connectivity index (χ3n) is 3.80. The predicted octanol–water partition coefficient (Wildman–Crippen LogP) is 3.68. The molecule has 3 nitrogen and oxygen atoms in total. The summed E-state index contributed by atoms with van der Waals surface area (Å²) in [6.45, 7) is 1.62. The SMILES string of the molecule is FC(F)(F)c1ccc(OCCc2ccccc2)c(OC2CNC2)c1. The fraction of sp³-hybridized carbons (Fsp3) is 0.333. The van der Waals surface area contributed by atoms with Crippen LogP contribution in [0.5, 0.6) is 11.5 Å². The standard InChI is InChI=1S/C18H18F3NO2/c19-18(20,21)14-6-7-16(17(10-14)24-15-11-22-12-15)23-9-8-13-4-2-1-3-5-13/h1-7,10,15,22H,8-9,11-12H2. The van der Waals surface area contributed by atoms with Crippen LogP contribution in [-0.2, 0) is 12.6 Å². The molecule has 1 N–H and O–H groups in total. The molecule has 128 valence electrons. The molecular weight excluding hydrogens is 319 g/mol. The summed E-state index contributed by atoms with van der Waals surface area (Å²) in [4.78, 5) is 0. The lowest BCUT2D eigenvalue weighted by molar-refractivity contribution is -0.137. The van der Waals surface area contributed by atoms with Gasteiger partial charge in [-0.3, -0.25) is 0 Å². The molecule has 1 aliphatic rings. The van der Waals surface area contributed by atoms with Gasteiger partial charge in [-0.15, -0.1) is 0 Å². The molecule has 3 rings (SSSR count). The zero-order chi connectivity index (χ0) is 17.0. The zero-order valence-electron chi connectivity index (χ0n) is 13.0. The van der Waals surface area contributed by atoms with E-state index in [4.69, 9.17) is 9.47 Å². The molecule has 24 heavy (non-hydrogen) atoms. The van der Waals surface area contributed by atoms with E-state index in [9.17, 15) is 13.2 Å². The minimum atomic E-state index is -4.40. The average molecular weight is 337 g/mol. The smallest absolute Gasteiger partial charge is 0.416 e. The molecule has 2 aromatic carbocycles. The van der Waals surface area contributed by atoms with Gasteiger partial charge in [0.2, 0.25) is 0 Å². The number of ether oxygens (including phenoxy) is 2. The number of hydrogen-bond acceptors (Lipinski definition) is 3. The second-order valence-electron chi connectivity index (χ2n) is 5.64. The van der Waals surface area contributed by atoms with Gasteiger partial charge in [0.1, 0.15) is 6.10 Å². The maximum absolute atomic E-state index is 12.9. The van der Waals surface area contributed by atoms with Crippen LogP contribution in [0.1, 0.15) is 11.1 Å². The first-order chi connectivity index (χ1) is 11.5. The number of hydrogen-bond donors (Lipinski definition) is 1. The van der Waals surface area contributed by atoms with Gasteiger partial charge in [0.05, 0.1) is 12.2 Å². The second-order valence-corrected chi connectivity index (χ2v) is 5.64. The van der Waals surface area contributed by atoms with Gasteiger partial charge in [0.15, 0.2) is 11.5 Å². The Hall–Kier alpha value is -2.21. The van der Waals surface area contributed by atoms with Crippen molar-refractivity contribution in [3.63, 3.8) is 0 Å². The molecule has 2 aromatic rings. The largest absolute Gasteiger partial charge is 0.489 e. The van der Waals surface area contributed by atoms with E-state index in [2.05, 4.69) is 5.32 Å². The van der Waals surface area contributed by atoms with Gasteiger partial charge in [-0.1, -0.05) is 30.3 Å². The molecular formula is C18H18F3NO2. The van der Waals surface area contributed by atoms with E-state index in [-0.39, 0.29) is 11.9 Å². The summed E-state index contributed by atoms with van der Waals surface area (Å²) < 4.78 is 50.0. The van der Waals surface area contributed by atoms with Crippen LogP contribution >= 0.6 is 0 Å². The molecule has 0 saturated carbocycles. The number of benzene rings is 2. The average Bonchev–Trinajstić information content (AvgIpc) is 2.52. The Kier molecular flexibility index (Phi) is 4.94. The summed E-state index contributed by atoms with van der Waals surface area (Å²) in [7, 11) is 0. The predicted molar refractivity (Wildman–Crippen MR) is 84.4 cm³/mol. The van der Waals surface area contributed by atoms with Crippen LogP contribution in [0.25, 0.3) is 0 Å². The van der Waals surface area contributed by atoms with Crippen molar-refractivity contribution in [2.75, 3.05) is 19.7 Å². The van der Waals surface area contributed by atoms with Crippen molar-refractivity contribution in [2.45, 2.75) is 18.7 Å². The van der Waals surface area contributed by atoms with E-state index < -0.39 is 11.7 Å². The Bertz CT molecular complexity index is 670. The Morgan fingerprint density at radius 2 is 1.75 bits per heavy atom. The fourth-order valence-electron chi connectivity index (χ4n) is 2.34. The lowest BCUT2D eigenvalue weighted by atomic mass is 10.1. The van der Waals surface area contributed by atoms with E-state index in [1.807, 2.05) is 30.3 Å². The van der Waals surface area contributed by atoms with Gasteiger partial charge in [-0.05, 0) is 23.8 Å². The van der Waals surface area contributed by atoms with Gasteiger partial charge < -0.3 is 14.8 Å². The molecule has 1 saturated heterocycles. The van der Waals surface area contributed by atoms with Crippen LogP contribution in [0.3, 0.4) is 0 Å². The maximum Gasteiger partial charge on any atom is 0.416 e. The summed E-state index contributed by atoms with van der Waals surface area (Å²) >= 11 is 0. The Morgan fingerprint density at radius 3 is 2.38 bits per heavy atom. The van der Waals surface area contributed by atoms with Crippen molar-refractivity contribution >= 4 is 0 Å². The van der Waals surface area contributed by atoms with Gasteiger partial charge in [-0.2, -0.15) is 13.2 Å². The van der Waals surface area contributed by atoms with Crippen molar-refractivity contribution in [3.05, 3.63) is 59.7 Å². The van der Waals surface area contributed by atoms with E-state index in [1.54, 1.807) is 0 Å². The summed E-state index contributed by atoms with van der Waals surface area (Å²) in [5.74, 6) is 0.482. The molecule has 0 spiro atoms.